The Kier molecular flexibility index (Phi) is 4.23. The van der Waals surface area contributed by atoms with E-state index in [4.69, 9.17) is 5.73 Å². The maximum Gasteiger partial charge on any atom is 0.266 e. The van der Waals surface area contributed by atoms with Gasteiger partial charge in [0.05, 0.1) is 11.4 Å². The number of aryl methyl sites for hydroxylation is 2. The Balaban J connectivity index is 2.58. The van der Waals surface area contributed by atoms with Crippen molar-refractivity contribution < 1.29 is 8.42 Å². The molecule has 0 saturated carbocycles. The number of hydrogen-bond acceptors (Lipinski definition) is 3. The third kappa shape index (κ3) is 2.88. The van der Waals surface area contributed by atoms with Crippen molar-refractivity contribution in [3.8, 4) is 0 Å². The lowest BCUT2D eigenvalue weighted by Gasteiger charge is -2.24. The van der Waals surface area contributed by atoms with Crippen LogP contribution in [0.25, 0.3) is 0 Å². The lowest BCUT2D eigenvalue weighted by Crippen LogP contribution is -2.31. The summed E-state index contributed by atoms with van der Waals surface area (Å²) in [6.07, 6.45) is 0. The van der Waals surface area contributed by atoms with Crippen LogP contribution in [0.1, 0.15) is 18.1 Å². The molecule has 0 fully saturated rings. The highest BCUT2D eigenvalue weighted by Gasteiger charge is 2.27. The van der Waals surface area contributed by atoms with Crippen LogP contribution in [-0.4, -0.2) is 15.0 Å². The molecule has 0 aromatic heterocycles. The van der Waals surface area contributed by atoms with Crippen molar-refractivity contribution in [3.63, 3.8) is 0 Å². The van der Waals surface area contributed by atoms with Gasteiger partial charge in [-0.3, -0.25) is 4.31 Å². The van der Waals surface area contributed by atoms with Crippen LogP contribution in [0.3, 0.4) is 0 Å². The number of benzene rings is 2. The largest absolute Gasteiger partial charge is 0.398 e. The lowest BCUT2D eigenvalue weighted by atomic mass is 10.2. The van der Waals surface area contributed by atoms with Crippen LogP contribution in [0.4, 0.5) is 11.4 Å². The monoisotopic (exact) mass is 304 g/mol. The van der Waals surface area contributed by atoms with E-state index in [-0.39, 0.29) is 10.6 Å². The van der Waals surface area contributed by atoms with Gasteiger partial charge in [0.25, 0.3) is 10.0 Å². The summed E-state index contributed by atoms with van der Waals surface area (Å²) in [5.74, 6) is 0. The Labute approximate surface area is 126 Å². The van der Waals surface area contributed by atoms with E-state index in [1.54, 1.807) is 25.1 Å². The smallest absolute Gasteiger partial charge is 0.266 e. The van der Waals surface area contributed by atoms with E-state index < -0.39 is 10.0 Å². The van der Waals surface area contributed by atoms with E-state index >= 15 is 0 Å². The molecule has 2 rings (SSSR count). The van der Waals surface area contributed by atoms with Crippen molar-refractivity contribution in [1.82, 2.24) is 0 Å². The maximum absolute atomic E-state index is 12.9. The molecule has 0 spiro atoms. The molecule has 0 saturated heterocycles. The van der Waals surface area contributed by atoms with E-state index in [1.807, 2.05) is 38.1 Å². The maximum atomic E-state index is 12.9. The molecule has 21 heavy (non-hydrogen) atoms. The average Bonchev–Trinajstić information content (AvgIpc) is 2.41. The van der Waals surface area contributed by atoms with Gasteiger partial charge in [-0.1, -0.05) is 29.8 Å². The van der Waals surface area contributed by atoms with Gasteiger partial charge in [0.15, 0.2) is 0 Å². The second-order valence-corrected chi connectivity index (χ2v) is 6.80. The van der Waals surface area contributed by atoms with Gasteiger partial charge in [-0.25, -0.2) is 8.42 Å². The first kappa shape index (κ1) is 15.4. The Morgan fingerprint density at radius 3 is 2.19 bits per heavy atom. The molecule has 0 heterocycles. The lowest BCUT2D eigenvalue weighted by molar-refractivity contribution is 0.591. The van der Waals surface area contributed by atoms with Gasteiger partial charge >= 0.3 is 0 Å². The highest BCUT2D eigenvalue weighted by Crippen LogP contribution is 2.29. The first-order chi connectivity index (χ1) is 9.87. The van der Waals surface area contributed by atoms with Crippen molar-refractivity contribution in [3.05, 3.63) is 53.6 Å². The summed E-state index contributed by atoms with van der Waals surface area (Å²) >= 11 is 0. The molecule has 4 nitrogen and oxygen atoms in total. The first-order valence-electron chi connectivity index (χ1n) is 6.82. The molecule has 0 aliphatic heterocycles. The molecule has 5 heteroatoms. The van der Waals surface area contributed by atoms with E-state index in [9.17, 15) is 8.42 Å². The first-order valence-corrected chi connectivity index (χ1v) is 8.26. The van der Waals surface area contributed by atoms with Gasteiger partial charge in [-0.2, -0.15) is 0 Å². The second kappa shape index (κ2) is 5.77. The number of nitrogen functional groups attached to an aromatic ring is 1. The highest BCUT2D eigenvalue weighted by atomic mass is 32.2. The van der Waals surface area contributed by atoms with Crippen LogP contribution in [0.2, 0.25) is 0 Å². The third-order valence-electron chi connectivity index (χ3n) is 3.40. The minimum absolute atomic E-state index is 0.187. The van der Waals surface area contributed by atoms with Gasteiger partial charge in [0, 0.05) is 6.54 Å². The Bertz CT molecular complexity index is 717. The van der Waals surface area contributed by atoms with Crippen LogP contribution in [0.5, 0.6) is 0 Å². The van der Waals surface area contributed by atoms with Crippen LogP contribution < -0.4 is 10.0 Å². The van der Waals surface area contributed by atoms with Crippen molar-refractivity contribution in [2.75, 3.05) is 16.6 Å². The fourth-order valence-electron chi connectivity index (χ4n) is 2.34. The zero-order valence-corrected chi connectivity index (χ0v) is 13.3. The summed E-state index contributed by atoms with van der Waals surface area (Å²) in [6, 6.07) is 12.5. The molecule has 2 N–H and O–H groups in total. The zero-order valence-electron chi connectivity index (χ0n) is 12.5. The molecular formula is C16H20N2O2S. The van der Waals surface area contributed by atoms with Crippen molar-refractivity contribution in [2.24, 2.45) is 0 Å². The van der Waals surface area contributed by atoms with Crippen LogP contribution in [-0.2, 0) is 10.0 Å². The summed E-state index contributed by atoms with van der Waals surface area (Å²) in [4.78, 5) is 0.187. The SMILES string of the molecule is CCN(c1ccc(C)cc1)S(=O)(=O)c1c(C)cccc1N. The Morgan fingerprint density at radius 2 is 1.67 bits per heavy atom. The van der Waals surface area contributed by atoms with E-state index in [2.05, 4.69) is 0 Å². The number of nitrogens with zero attached hydrogens (tertiary/aromatic N) is 1. The number of nitrogens with two attached hydrogens (primary N) is 1. The molecule has 0 aliphatic rings. The van der Waals surface area contributed by atoms with Crippen LogP contribution in [0, 0.1) is 13.8 Å². The van der Waals surface area contributed by atoms with Gasteiger partial charge in [-0.15, -0.1) is 0 Å². The summed E-state index contributed by atoms with van der Waals surface area (Å²) in [5.41, 5.74) is 8.56. The van der Waals surface area contributed by atoms with Gasteiger partial charge in [0.2, 0.25) is 0 Å². The topological polar surface area (TPSA) is 63.4 Å². The standard InChI is InChI=1S/C16H20N2O2S/c1-4-18(14-10-8-12(2)9-11-14)21(19,20)16-13(3)6-5-7-15(16)17/h5-11H,4,17H2,1-3H3. The summed E-state index contributed by atoms with van der Waals surface area (Å²) in [6.45, 7) is 5.88. The molecule has 0 bridgehead atoms. The van der Waals surface area contributed by atoms with Gasteiger partial charge < -0.3 is 5.73 Å². The van der Waals surface area contributed by atoms with E-state index in [1.165, 1.54) is 4.31 Å². The predicted molar refractivity (Wildman–Crippen MR) is 87.0 cm³/mol. The van der Waals surface area contributed by atoms with E-state index in [0.717, 1.165) is 5.56 Å². The molecule has 0 unspecified atom stereocenters. The Morgan fingerprint density at radius 1 is 1.05 bits per heavy atom. The van der Waals surface area contributed by atoms with Crippen molar-refractivity contribution >= 4 is 21.4 Å². The molecule has 0 aliphatic carbocycles. The third-order valence-corrected chi connectivity index (χ3v) is 5.52. The van der Waals surface area contributed by atoms with Crippen molar-refractivity contribution in [1.29, 1.82) is 0 Å². The van der Waals surface area contributed by atoms with Gasteiger partial charge in [0.1, 0.15) is 4.90 Å². The molecule has 0 radical (unpaired) electrons. The summed E-state index contributed by atoms with van der Waals surface area (Å²) in [7, 11) is -3.67. The van der Waals surface area contributed by atoms with E-state index in [0.29, 0.717) is 17.8 Å². The molecule has 0 atom stereocenters. The number of sulfonamides is 1. The molecule has 2 aromatic carbocycles. The Hall–Kier alpha value is -2.01. The fourth-order valence-corrected chi connectivity index (χ4v) is 4.14. The fraction of sp³-hybridized carbons (Fsp3) is 0.250. The predicted octanol–water partition coefficient (Wildman–Crippen LogP) is 3.10. The normalized spacial score (nSPS) is 11.4. The minimum Gasteiger partial charge on any atom is -0.398 e. The van der Waals surface area contributed by atoms with Crippen molar-refractivity contribution in [2.45, 2.75) is 25.7 Å². The zero-order chi connectivity index (χ0) is 15.6. The second-order valence-electron chi connectivity index (χ2n) is 5.00. The number of rotatable bonds is 4. The van der Waals surface area contributed by atoms with Crippen LogP contribution >= 0.6 is 0 Å². The molecule has 0 amide bonds. The number of hydrogen-bond donors (Lipinski definition) is 1. The quantitative estimate of drug-likeness (QED) is 0.883. The minimum atomic E-state index is -3.67. The van der Waals surface area contributed by atoms with Crippen LogP contribution in [0.15, 0.2) is 47.4 Å². The summed E-state index contributed by atoms with van der Waals surface area (Å²) < 4.78 is 27.3. The summed E-state index contributed by atoms with van der Waals surface area (Å²) in [5, 5.41) is 0. The number of anilines is 2. The molecule has 2 aromatic rings. The van der Waals surface area contributed by atoms with Gasteiger partial charge in [-0.05, 0) is 44.5 Å². The highest BCUT2D eigenvalue weighted by molar-refractivity contribution is 7.93. The average molecular weight is 304 g/mol. The molecular weight excluding hydrogens is 284 g/mol. The molecule has 112 valence electrons.